The molecule has 2 aromatic rings. The van der Waals surface area contributed by atoms with Crippen LogP contribution in [0.1, 0.15) is 15.9 Å². The predicted octanol–water partition coefficient (Wildman–Crippen LogP) is 2.78. The number of ether oxygens (including phenoxy) is 1. The highest BCUT2D eigenvalue weighted by atomic mass is 16.5. The summed E-state index contributed by atoms with van der Waals surface area (Å²) in [6.07, 6.45) is 5.17. The van der Waals surface area contributed by atoms with Crippen LogP contribution in [0.3, 0.4) is 0 Å². The van der Waals surface area contributed by atoms with Crippen molar-refractivity contribution in [2.75, 3.05) is 20.3 Å². The summed E-state index contributed by atoms with van der Waals surface area (Å²) in [5.74, 6) is -0.712. The van der Waals surface area contributed by atoms with Crippen molar-refractivity contribution in [3.8, 4) is 0 Å². The third-order valence-electron chi connectivity index (χ3n) is 3.47. The first-order valence-corrected chi connectivity index (χ1v) is 8.27. The zero-order chi connectivity index (χ0) is 18.6. The van der Waals surface area contributed by atoms with E-state index in [1.165, 1.54) is 0 Å². The molecule has 2 rings (SSSR count). The molecule has 0 radical (unpaired) electrons. The number of benzene rings is 2. The molecule has 0 aromatic heterocycles. The molecule has 0 spiro atoms. The molecule has 0 saturated carbocycles. The highest BCUT2D eigenvalue weighted by molar-refractivity contribution is 6.03. The number of rotatable bonds is 8. The van der Waals surface area contributed by atoms with Crippen molar-refractivity contribution >= 4 is 17.9 Å². The van der Waals surface area contributed by atoms with Crippen LogP contribution in [-0.2, 0) is 9.53 Å². The molecule has 0 bridgehead atoms. The highest BCUT2D eigenvalue weighted by Crippen LogP contribution is 2.04. The molecule has 26 heavy (non-hydrogen) atoms. The lowest BCUT2D eigenvalue weighted by atomic mass is 10.2. The number of carbonyl (C=O) groups is 2. The third kappa shape index (κ3) is 6.37. The van der Waals surface area contributed by atoms with Crippen LogP contribution in [0.15, 0.2) is 78.5 Å². The van der Waals surface area contributed by atoms with Gasteiger partial charge < -0.3 is 15.4 Å². The lowest BCUT2D eigenvalue weighted by molar-refractivity contribution is -0.118. The lowest BCUT2D eigenvalue weighted by Crippen LogP contribution is -2.36. The minimum absolute atomic E-state index is 0.169. The Hall–Kier alpha value is -3.18. The van der Waals surface area contributed by atoms with E-state index in [0.717, 1.165) is 5.56 Å². The second-order valence-electron chi connectivity index (χ2n) is 5.42. The normalized spacial score (nSPS) is 11.3. The zero-order valence-electron chi connectivity index (χ0n) is 14.6. The van der Waals surface area contributed by atoms with E-state index in [9.17, 15) is 9.59 Å². The molecule has 2 amide bonds. The van der Waals surface area contributed by atoms with Crippen LogP contribution in [0, 0.1) is 0 Å². The molecule has 2 aromatic carbocycles. The minimum atomic E-state index is -0.371. The Kier molecular flexibility index (Phi) is 7.83. The number of hydrogen-bond donors (Lipinski definition) is 2. The van der Waals surface area contributed by atoms with E-state index in [-0.39, 0.29) is 17.5 Å². The molecular weight excluding hydrogens is 328 g/mol. The average molecular weight is 350 g/mol. The Labute approximate surface area is 153 Å². The molecule has 134 valence electrons. The minimum Gasteiger partial charge on any atom is -0.383 e. The van der Waals surface area contributed by atoms with E-state index in [0.29, 0.717) is 18.7 Å². The molecule has 0 atom stereocenters. The third-order valence-corrected chi connectivity index (χ3v) is 3.47. The molecule has 0 aliphatic rings. The van der Waals surface area contributed by atoms with E-state index in [1.807, 2.05) is 42.5 Å². The lowest BCUT2D eigenvalue weighted by Gasteiger charge is -2.10. The van der Waals surface area contributed by atoms with Crippen molar-refractivity contribution in [1.29, 1.82) is 0 Å². The summed E-state index contributed by atoms with van der Waals surface area (Å²) in [6, 6.07) is 18.4. The van der Waals surface area contributed by atoms with Crippen LogP contribution < -0.4 is 10.6 Å². The number of amides is 2. The summed E-state index contributed by atoms with van der Waals surface area (Å²) in [4.78, 5) is 24.7. The van der Waals surface area contributed by atoms with Gasteiger partial charge in [0.15, 0.2) is 0 Å². The van der Waals surface area contributed by atoms with Crippen molar-refractivity contribution in [3.05, 3.63) is 89.6 Å². The zero-order valence-corrected chi connectivity index (χ0v) is 14.6. The van der Waals surface area contributed by atoms with Crippen molar-refractivity contribution < 1.29 is 14.3 Å². The van der Waals surface area contributed by atoms with E-state index >= 15 is 0 Å². The standard InChI is InChI=1S/C21H22N2O3/c1-26-16-15-22-21(25)19(14-8-11-17-9-4-2-5-10-17)23-20(24)18-12-6-3-7-13-18/h2-14H,15-16H2,1H3,(H,22,25)(H,23,24)/b11-8-,19-14+. The second-order valence-corrected chi connectivity index (χ2v) is 5.42. The van der Waals surface area contributed by atoms with E-state index in [4.69, 9.17) is 4.74 Å². The van der Waals surface area contributed by atoms with Gasteiger partial charge in [0.25, 0.3) is 11.8 Å². The summed E-state index contributed by atoms with van der Waals surface area (Å²) in [5.41, 5.74) is 1.65. The first-order chi connectivity index (χ1) is 12.7. The smallest absolute Gasteiger partial charge is 0.267 e. The van der Waals surface area contributed by atoms with Crippen LogP contribution in [0.25, 0.3) is 6.08 Å². The molecule has 0 heterocycles. The van der Waals surface area contributed by atoms with Crippen LogP contribution in [0.5, 0.6) is 0 Å². The van der Waals surface area contributed by atoms with Crippen LogP contribution in [0.2, 0.25) is 0 Å². The van der Waals surface area contributed by atoms with Crippen LogP contribution in [-0.4, -0.2) is 32.1 Å². The van der Waals surface area contributed by atoms with Crippen molar-refractivity contribution in [2.24, 2.45) is 0 Å². The summed E-state index contributed by atoms with van der Waals surface area (Å²) in [6.45, 7) is 0.752. The van der Waals surface area contributed by atoms with Gasteiger partial charge in [0.2, 0.25) is 0 Å². The first-order valence-electron chi connectivity index (χ1n) is 8.27. The monoisotopic (exact) mass is 350 g/mol. The Morgan fingerprint density at radius 3 is 2.31 bits per heavy atom. The fourth-order valence-electron chi connectivity index (χ4n) is 2.14. The SMILES string of the molecule is COCCNC(=O)/C(=C\C=C/c1ccccc1)NC(=O)c1ccccc1. The summed E-state index contributed by atoms with van der Waals surface area (Å²) in [5, 5.41) is 5.37. The Balaban J connectivity index is 2.12. The summed E-state index contributed by atoms with van der Waals surface area (Å²) in [7, 11) is 1.56. The van der Waals surface area contributed by atoms with Gasteiger partial charge in [0.1, 0.15) is 5.70 Å². The molecule has 5 nitrogen and oxygen atoms in total. The number of methoxy groups -OCH3 is 1. The molecular formula is C21H22N2O3. The maximum Gasteiger partial charge on any atom is 0.267 e. The molecule has 0 aliphatic heterocycles. The number of allylic oxidation sites excluding steroid dienone is 2. The van der Waals surface area contributed by atoms with Crippen LogP contribution in [0.4, 0.5) is 0 Å². The number of hydrogen-bond acceptors (Lipinski definition) is 3. The topological polar surface area (TPSA) is 67.4 Å². The van der Waals surface area contributed by atoms with Crippen molar-refractivity contribution in [3.63, 3.8) is 0 Å². The molecule has 0 fully saturated rings. The molecule has 5 heteroatoms. The van der Waals surface area contributed by atoms with Gasteiger partial charge >= 0.3 is 0 Å². The fraction of sp³-hybridized carbons (Fsp3) is 0.143. The van der Waals surface area contributed by atoms with Gasteiger partial charge in [0, 0.05) is 19.2 Å². The van der Waals surface area contributed by atoms with Gasteiger partial charge in [-0.3, -0.25) is 9.59 Å². The van der Waals surface area contributed by atoms with E-state index in [1.54, 1.807) is 43.5 Å². The van der Waals surface area contributed by atoms with Gasteiger partial charge in [0.05, 0.1) is 6.61 Å². The summed E-state index contributed by atoms with van der Waals surface area (Å²) < 4.78 is 4.93. The van der Waals surface area contributed by atoms with Crippen LogP contribution >= 0.6 is 0 Å². The maximum absolute atomic E-state index is 12.3. The molecule has 0 aliphatic carbocycles. The van der Waals surface area contributed by atoms with Gasteiger partial charge in [-0.2, -0.15) is 0 Å². The average Bonchev–Trinajstić information content (AvgIpc) is 2.68. The highest BCUT2D eigenvalue weighted by Gasteiger charge is 2.13. The van der Waals surface area contributed by atoms with Gasteiger partial charge in [-0.05, 0) is 23.8 Å². The fourth-order valence-corrected chi connectivity index (χ4v) is 2.14. The molecule has 0 saturated heterocycles. The van der Waals surface area contributed by atoms with E-state index in [2.05, 4.69) is 10.6 Å². The Morgan fingerprint density at radius 1 is 1.00 bits per heavy atom. The van der Waals surface area contributed by atoms with Crippen molar-refractivity contribution in [2.45, 2.75) is 0 Å². The summed E-state index contributed by atoms with van der Waals surface area (Å²) >= 11 is 0. The second kappa shape index (κ2) is 10.6. The Bertz CT molecular complexity index is 768. The van der Waals surface area contributed by atoms with Gasteiger partial charge in [-0.15, -0.1) is 0 Å². The van der Waals surface area contributed by atoms with E-state index < -0.39 is 0 Å². The molecule has 2 N–H and O–H groups in total. The first kappa shape index (κ1) is 19.1. The van der Waals surface area contributed by atoms with Gasteiger partial charge in [-0.1, -0.05) is 60.7 Å². The quantitative estimate of drug-likeness (QED) is 0.437. The maximum atomic E-state index is 12.3. The van der Waals surface area contributed by atoms with Gasteiger partial charge in [-0.25, -0.2) is 0 Å². The predicted molar refractivity (Wildman–Crippen MR) is 102 cm³/mol. The van der Waals surface area contributed by atoms with Crippen molar-refractivity contribution in [1.82, 2.24) is 10.6 Å². The number of nitrogens with one attached hydrogen (secondary N) is 2. The number of carbonyl (C=O) groups excluding carboxylic acids is 2. The molecule has 0 unspecified atom stereocenters. The Morgan fingerprint density at radius 2 is 1.65 bits per heavy atom. The largest absolute Gasteiger partial charge is 0.383 e.